The second-order valence-corrected chi connectivity index (χ2v) is 8.03. The highest BCUT2D eigenvalue weighted by Gasteiger charge is 2.33. The van der Waals surface area contributed by atoms with E-state index in [2.05, 4.69) is 21.6 Å². The number of nitrogens with zero attached hydrogens (tertiary/aromatic N) is 2. The third-order valence-electron chi connectivity index (χ3n) is 4.57. The lowest BCUT2D eigenvalue weighted by Gasteiger charge is -2.32. The molecule has 7 nitrogen and oxygen atoms in total. The van der Waals surface area contributed by atoms with E-state index in [1.807, 2.05) is 13.8 Å². The molecule has 2 amide bonds. The number of ether oxygens (including phenoxy) is 1. The predicted molar refractivity (Wildman–Crippen MR) is 136 cm³/mol. The summed E-state index contributed by atoms with van der Waals surface area (Å²) in [7, 11) is 1.23. The average Bonchev–Trinajstić information content (AvgIpc) is 2.85. The molecule has 0 aliphatic carbocycles. The van der Waals surface area contributed by atoms with Crippen molar-refractivity contribution < 1.29 is 23.5 Å². The number of halogens is 4. The maximum absolute atomic E-state index is 14.2. The van der Waals surface area contributed by atoms with Gasteiger partial charge in [0.15, 0.2) is 11.6 Å². The molecular formula is C24H27Cl3FN3O4. The maximum atomic E-state index is 14.2. The molecule has 2 aromatic rings. The van der Waals surface area contributed by atoms with Crippen LogP contribution in [-0.4, -0.2) is 46.7 Å². The molecule has 1 aromatic carbocycles. The predicted octanol–water partition coefficient (Wildman–Crippen LogP) is 5.64. The van der Waals surface area contributed by atoms with Gasteiger partial charge in [0.2, 0.25) is 5.91 Å². The van der Waals surface area contributed by atoms with E-state index < -0.39 is 35.5 Å². The minimum absolute atomic E-state index is 0.0193. The zero-order chi connectivity index (χ0) is 26.5. The molecule has 0 spiro atoms. The summed E-state index contributed by atoms with van der Waals surface area (Å²) in [4.78, 5) is 42.5. The lowest BCUT2D eigenvalue weighted by Crippen LogP contribution is -2.48. The first-order chi connectivity index (χ1) is 16.7. The first-order valence-electron chi connectivity index (χ1n) is 10.6. The van der Waals surface area contributed by atoms with Gasteiger partial charge in [-0.2, -0.15) is 0 Å². The summed E-state index contributed by atoms with van der Waals surface area (Å²) in [6.45, 7) is 7.87. The number of nitrogens with one attached hydrogen (secondary N) is 1. The molecule has 11 heteroatoms. The van der Waals surface area contributed by atoms with Crippen LogP contribution < -0.4 is 5.32 Å². The average molecular weight is 547 g/mol. The number of carbonyl (C=O) groups excluding carboxylic acids is 3. The van der Waals surface area contributed by atoms with E-state index in [0.29, 0.717) is 10.6 Å². The number of carbonyl (C=O) groups is 3. The molecule has 0 saturated carbocycles. The van der Waals surface area contributed by atoms with Gasteiger partial charge in [-0.1, -0.05) is 55.8 Å². The Morgan fingerprint density at radius 3 is 2.31 bits per heavy atom. The van der Waals surface area contributed by atoms with Crippen molar-refractivity contribution in [1.82, 2.24) is 9.88 Å². The third-order valence-corrected chi connectivity index (χ3v) is 5.26. The van der Waals surface area contributed by atoms with E-state index in [9.17, 15) is 18.8 Å². The van der Waals surface area contributed by atoms with Crippen LogP contribution in [0, 0.1) is 5.82 Å². The lowest BCUT2D eigenvalue weighted by molar-refractivity contribution is -0.140. The Labute approximate surface area is 219 Å². The van der Waals surface area contributed by atoms with Gasteiger partial charge in [-0.15, -0.1) is 11.6 Å². The van der Waals surface area contributed by atoms with E-state index >= 15 is 0 Å². The number of esters is 1. The van der Waals surface area contributed by atoms with Crippen molar-refractivity contribution in [2.24, 2.45) is 0 Å². The summed E-state index contributed by atoms with van der Waals surface area (Å²) in [5, 5.41) is 2.90. The summed E-state index contributed by atoms with van der Waals surface area (Å²) in [5.41, 5.74) is 0.881. The quantitative estimate of drug-likeness (QED) is 0.237. The van der Waals surface area contributed by atoms with Crippen LogP contribution in [0.15, 0.2) is 48.7 Å². The monoisotopic (exact) mass is 545 g/mol. The van der Waals surface area contributed by atoms with Gasteiger partial charge in [-0.3, -0.25) is 14.4 Å². The molecular weight excluding hydrogens is 520 g/mol. The highest BCUT2D eigenvalue weighted by molar-refractivity contribution is 6.30. The molecule has 0 radical (unpaired) electrons. The summed E-state index contributed by atoms with van der Waals surface area (Å²) >= 11 is 17.4. The molecule has 1 N–H and O–H groups in total. The molecule has 0 fully saturated rings. The Morgan fingerprint density at radius 1 is 1.14 bits per heavy atom. The molecule has 0 aliphatic rings. The largest absolute Gasteiger partial charge is 0.469 e. The smallest absolute Gasteiger partial charge is 0.305 e. The first kappa shape index (κ1) is 30.4. The van der Waals surface area contributed by atoms with E-state index in [0.717, 1.165) is 12.3 Å². The first-order valence-corrected chi connectivity index (χ1v) is 11.9. The van der Waals surface area contributed by atoms with Crippen LogP contribution in [-0.2, 0) is 25.7 Å². The van der Waals surface area contributed by atoms with Crippen LogP contribution >= 0.6 is 34.8 Å². The number of rotatable bonds is 10. The van der Waals surface area contributed by atoms with Crippen molar-refractivity contribution in [3.8, 4) is 0 Å². The number of hydrogen-bond acceptors (Lipinski definition) is 5. The van der Waals surface area contributed by atoms with Crippen molar-refractivity contribution in [3.05, 3.63) is 70.1 Å². The van der Waals surface area contributed by atoms with Crippen molar-refractivity contribution in [3.63, 3.8) is 0 Å². The Hall–Kier alpha value is -2.68. The number of pyridine rings is 1. The Morgan fingerprint density at radius 2 is 1.77 bits per heavy atom. The van der Waals surface area contributed by atoms with Crippen LogP contribution in [0.3, 0.4) is 0 Å². The number of benzene rings is 1. The molecule has 35 heavy (non-hydrogen) atoms. The number of alkyl halides is 1. The molecule has 0 bridgehead atoms. The fourth-order valence-corrected chi connectivity index (χ4v) is 3.35. The molecule has 1 unspecified atom stereocenters. The molecule has 1 heterocycles. The van der Waals surface area contributed by atoms with Crippen LogP contribution in [0.5, 0.6) is 0 Å². The number of methoxy groups -OCH3 is 1. The van der Waals surface area contributed by atoms with Crippen LogP contribution in [0.1, 0.15) is 32.3 Å². The number of hydrogen-bond donors (Lipinski definition) is 1. The van der Waals surface area contributed by atoms with E-state index in [1.54, 1.807) is 24.3 Å². The van der Waals surface area contributed by atoms with Crippen LogP contribution in [0.4, 0.5) is 10.2 Å². The van der Waals surface area contributed by atoms with Crippen molar-refractivity contribution in [2.75, 3.05) is 18.3 Å². The van der Waals surface area contributed by atoms with E-state index in [4.69, 9.17) is 34.8 Å². The van der Waals surface area contributed by atoms with Gasteiger partial charge in [0.05, 0.1) is 12.1 Å². The number of aromatic nitrogens is 1. The number of amides is 2. The fraction of sp³-hybridized carbons (Fsp3) is 0.333. The summed E-state index contributed by atoms with van der Waals surface area (Å²) in [6.07, 6.45) is 1.13. The second-order valence-electron chi connectivity index (χ2n) is 6.89. The zero-order valence-corrected chi connectivity index (χ0v) is 21.9. The van der Waals surface area contributed by atoms with Crippen LogP contribution in [0.2, 0.25) is 10.0 Å². The minimum atomic E-state index is -1.28. The van der Waals surface area contributed by atoms with Gasteiger partial charge in [0.25, 0.3) is 5.91 Å². The van der Waals surface area contributed by atoms with Crippen LogP contribution in [0.25, 0.3) is 0 Å². The van der Waals surface area contributed by atoms with Crippen molar-refractivity contribution >= 4 is 58.4 Å². The fourth-order valence-electron chi connectivity index (χ4n) is 2.93. The van der Waals surface area contributed by atoms with Gasteiger partial charge >= 0.3 is 5.97 Å². The molecule has 0 aliphatic heterocycles. The Kier molecular flexibility index (Phi) is 13.3. The number of anilines is 1. The van der Waals surface area contributed by atoms with Gasteiger partial charge in [-0.05, 0) is 35.8 Å². The molecule has 1 aromatic heterocycles. The summed E-state index contributed by atoms with van der Waals surface area (Å²) < 4.78 is 18.9. The van der Waals surface area contributed by atoms with Crippen molar-refractivity contribution in [1.29, 1.82) is 0 Å². The maximum Gasteiger partial charge on any atom is 0.305 e. The summed E-state index contributed by atoms with van der Waals surface area (Å²) in [6, 6.07) is 6.34. The highest BCUT2D eigenvalue weighted by atomic mass is 35.5. The van der Waals surface area contributed by atoms with Gasteiger partial charge in [0, 0.05) is 24.2 Å². The molecule has 2 rings (SSSR count). The van der Waals surface area contributed by atoms with E-state index in [-0.39, 0.29) is 35.8 Å². The highest BCUT2D eigenvalue weighted by Crippen LogP contribution is 2.23. The van der Waals surface area contributed by atoms with Crippen molar-refractivity contribution in [2.45, 2.75) is 39.3 Å². The lowest BCUT2D eigenvalue weighted by atomic mass is 10.00. The zero-order valence-electron chi connectivity index (χ0n) is 19.6. The Balaban J connectivity index is 0.00000298. The van der Waals surface area contributed by atoms with Gasteiger partial charge in [0.1, 0.15) is 11.9 Å². The second kappa shape index (κ2) is 15.3. The van der Waals surface area contributed by atoms with E-state index in [1.165, 1.54) is 12.0 Å². The normalized spacial score (nSPS) is 10.9. The Bertz CT molecular complexity index is 1040. The van der Waals surface area contributed by atoms with Gasteiger partial charge in [-0.25, -0.2) is 9.37 Å². The summed E-state index contributed by atoms with van der Waals surface area (Å²) in [5.74, 6) is -3.53. The minimum Gasteiger partial charge on any atom is -0.469 e. The molecule has 1 atom stereocenters. The topological polar surface area (TPSA) is 88.6 Å². The third kappa shape index (κ3) is 9.47. The van der Waals surface area contributed by atoms with Gasteiger partial charge < -0.3 is 15.0 Å². The SMILES string of the molecule is C=C(CCC(=O)OC)C(C(=O)Nc1ncc(Cl)cc1F)N(Cc1ccc(Cl)cc1)C(=O)CCl.CC. The molecule has 190 valence electrons. The standard InChI is InChI=1S/C22H21Cl3FN3O4.C2H6/c1-13(3-8-19(31)33-2)20(22(32)28-21-17(26)9-16(25)11-27-21)29(18(30)10-23)12-14-4-6-15(24)7-5-14;1-2/h4-7,9,11,20H,1,3,8,10,12H2,2H3,(H,27,28,32);1-2H3. The molecule has 0 saturated heterocycles.